The predicted octanol–water partition coefficient (Wildman–Crippen LogP) is 3.12. The van der Waals surface area contributed by atoms with Gasteiger partial charge in [-0.1, -0.05) is 18.2 Å². The summed E-state index contributed by atoms with van der Waals surface area (Å²) in [5.41, 5.74) is 8.38. The molecule has 5 rings (SSSR count). The molecule has 1 unspecified atom stereocenters. The van der Waals surface area contributed by atoms with Gasteiger partial charge in [0.25, 0.3) is 0 Å². The number of rotatable bonds is 7. The van der Waals surface area contributed by atoms with Gasteiger partial charge in [0.15, 0.2) is 4.34 Å². The molecule has 10 heteroatoms. The molecule has 33 heavy (non-hydrogen) atoms. The molecule has 2 atom stereocenters. The third-order valence-electron chi connectivity index (χ3n) is 5.87. The Morgan fingerprint density at radius 3 is 3.00 bits per heavy atom. The Balaban J connectivity index is 1.25. The van der Waals surface area contributed by atoms with Crippen LogP contribution in [-0.2, 0) is 20.7 Å². The van der Waals surface area contributed by atoms with Gasteiger partial charge in [0.05, 0.1) is 37.4 Å². The summed E-state index contributed by atoms with van der Waals surface area (Å²) in [4.78, 5) is 30.2. The SMILES string of the molecule is CC(=O)N(C[C@@H]1CN(C2c3ccc4cc(F)ccc4c32)CCO1)Sc1nc(CC(N)=O)cs1. The topological polar surface area (TPSA) is 88.8 Å². The quantitative estimate of drug-likeness (QED) is 0.517. The van der Waals surface area contributed by atoms with E-state index in [0.29, 0.717) is 29.7 Å². The first-order valence-electron chi connectivity index (χ1n) is 10.7. The molecule has 7 nitrogen and oxygen atoms in total. The molecule has 2 amide bonds. The van der Waals surface area contributed by atoms with E-state index in [1.807, 2.05) is 12.1 Å². The molecule has 1 saturated heterocycles. The molecule has 2 aliphatic rings. The summed E-state index contributed by atoms with van der Waals surface area (Å²) >= 11 is 2.64. The number of ether oxygens (including phenoxy) is 1. The fraction of sp³-hybridized carbons (Fsp3) is 0.348. The highest BCUT2D eigenvalue weighted by molar-refractivity contribution is 7.99. The van der Waals surface area contributed by atoms with Crippen molar-refractivity contribution in [3.8, 4) is 0 Å². The molecule has 172 valence electrons. The van der Waals surface area contributed by atoms with Crippen LogP contribution < -0.4 is 5.73 Å². The number of nitrogens with two attached hydrogens (primary N) is 1. The molecule has 0 spiro atoms. The van der Waals surface area contributed by atoms with Gasteiger partial charge in [-0.15, -0.1) is 11.3 Å². The lowest BCUT2D eigenvalue weighted by Gasteiger charge is -2.35. The van der Waals surface area contributed by atoms with Crippen LogP contribution in [0.3, 0.4) is 0 Å². The molecule has 1 aliphatic heterocycles. The van der Waals surface area contributed by atoms with Crippen LogP contribution in [0.25, 0.3) is 10.8 Å². The molecule has 0 bridgehead atoms. The van der Waals surface area contributed by atoms with E-state index in [1.54, 1.807) is 15.8 Å². The number of halogens is 1. The Morgan fingerprint density at radius 2 is 2.21 bits per heavy atom. The predicted molar refractivity (Wildman–Crippen MR) is 125 cm³/mol. The number of nitrogens with zero attached hydrogens (tertiary/aromatic N) is 3. The number of benzene rings is 2. The van der Waals surface area contributed by atoms with Crippen molar-refractivity contribution >= 4 is 45.9 Å². The van der Waals surface area contributed by atoms with E-state index >= 15 is 0 Å². The molecule has 1 aliphatic carbocycles. The minimum absolute atomic E-state index is 0.0844. The normalized spacial score (nSPS) is 19.9. The first-order valence-corrected chi connectivity index (χ1v) is 12.3. The fourth-order valence-corrected chi connectivity index (χ4v) is 6.22. The van der Waals surface area contributed by atoms with Crippen LogP contribution in [0.1, 0.15) is 29.8 Å². The lowest BCUT2D eigenvalue weighted by molar-refractivity contribution is -0.126. The zero-order chi connectivity index (χ0) is 23.1. The number of hydrogen-bond donors (Lipinski definition) is 1. The van der Waals surface area contributed by atoms with Crippen LogP contribution in [0.15, 0.2) is 40.1 Å². The Bertz CT molecular complexity index is 1230. The molecule has 1 aromatic heterocycles. The molecule has 2 aromatic carbocycles. The van der Waals surface area contributed by atoms with Crippen molar-refractivity contribution in [1.82, 2.24) is 14.2 Å². The zero-order valence-electron chi connectivity index (χ0n) is 18.0. The summed E-state index contributed by atoms with van der Waals surface area (Å²) in [7, 11) is 0. The molecule has 1 fully saturated rings. The second-order valence-electron chi connectivity index (χ2n) is 8.24. The first kappa shape index (κ1) is 22.3. The number of aromatic nitrogens is 1. The third-order valence-corrected chi connectivity index (χ3v) is 7.94. The van der Waals surface area contributed by atoms with Crippen LogP contribution in [0.5, 0.6) is 0 Å². The average Bonchev–Trinajstić information content (AvgIpc) is 3.36. The van der Waals surface area contributed by atoms with E-state index in [9.17, 15) is 14.0 Å². The van der Waals surface area contributed by atoms with Crippen molar-refractivity contribution in [3.05, 3.63) is 58.3 Å². The maximum Gasteiger partial charge on any atom is 0.229 e. The zero-order valence-corrected chi connectivity index (χ0v) is 19.6. The summed E-state index contributed by atoms with van der Waals surface area (Å²) in [6.45, 7) is 4.02. The average molecular weight is 487 g/mol. The van der Waals surface area contributed by atoms with Crippen molar-refractivity contribution in [2.24, 2.45) is 5.73 Å². The minimum Gasteiger partial charge on any atom is -0.374 e. The maximum absolute atomic E-state index is 13.6. The van der Waals surface area contributed by atoms with Crippen LogP contribution in [-0.4, -0.2) is 58.3 Å². The number of amides is 2. The summed E-state index contributed by atoms with van der Waals surface area (Å²) in [5.74, 6) is -0.750. The molecule has 2 heterocycles. The van der Waals surface area contributed by atoms with Gasteiger partial charge in [-0.2, -0.15) is 0 Å². The largest absolute Gasteiger partial charge is 0.374 e. The summed E-state index contributed by atoms with van der Waals surface area (Å²) in [6, 6.07) is 9.21. The molecular formula is C23H23FN4O3S2. The van der Waals surface area contributed by atoms with Gasteiger partial charge < -0.3 is 10.5 Å². The standard InChI is InChI=1S/C23H23FN4O3S2/c1-13(29)28(33-23-26-16(12-32-23)9-20(25)30)11-17-10-27(6-7-31-17)22-19-4-2-14-8-15(24)3-5-18(14)21(19)22/h2-5,8,12,17,22H,6-7,9-11H2,1H3,(H2,25,30)/t17-,22?/m0/s1. The summed E-state index contributed by atoms with van der Waals surface area (Å²) in [5, 5.41) is 3.79. The van der Waals surface area contributed by atoms with E-state index in [-0.39, 0.29) is 30.3 Å². The smallest absolute Gasteiger partial charge is 0.229 e. The van der Waals surface area contributed by atoms with Crippen LogP contribution >= 0.6 is 23.3 Å². The second-order valence-corrected chi connectivity index (χ2v) is 10.4. The van der Waals surface area contributed by atoms with Gasteiger partial charge in [0, 0.05) is 37.3 Å². The summed E-state index contributed by atoms with van der Waals surface area (Å²) in [6.07, 6.45) is -0.0538. The first-order chi connectivity index (χ1) is 15.9. The van der Waals surface area contributed by atoms with Gasteiger partial charge in [-0.25, -0.2) is 9.37 Å². The number of primary amides is 1. The highest BCUT2D eigenvalue weighted by Gasteiger charge is 2.41. The Kier molecular flexibility index (Phi) is 6.09. The number of morpholine rings is 1. The van der Waals surface area contributed by atoms with Gasteiger partial charge in [-0.3, -0.25) is 18.8 Å². The monoisotopic (exact) mass is 486 g/mol. The second kappa shape index (κ2) is 9.02. The molecule has 0 radical (unpaired) electrons. The molecular weight excluding hydrogens is 463 g/mol. The Hall–Kier alpha value is -2.53. The van der Waals surface area contributed by atoms with Gasteiger partial charge in [-0.05, 0) is 34.0 Å². The number of fused-ring (bicyclic) bond motifs is 3. The number of carbonyl (C=O) groups excluding carboxylic acids is 2. The Labute approximate surface area is 198 Å². The highest BCUT2D eigenvalue weighted by atomic mass is 32.2. The van der Waals surface area contributed by atoms with Crippen molar-refractivity contribution < 1.29 is 18.7 Å². The number of hydrogen-bond acceptors (Lipinski definition) is 7. The van der Waals surface area contributed by atoms with E-state index in [0.717, 1.165) is 17.3 Å². The van der Waals surface area contributed by atoms with Crippen molar-refractivity contribution in [1.29, 1.82) is 0 Å². The molecule has 2 N–H and O–H groups in total. The van der Waals surface area contributed by atoms with Crippen LogP contribution in [0, 0.1) is 5.82 Å². The van der Waals surface area contributed by atoms with Crippen molar-refractivity contribution in [2.75, 3.05) is 26.2 Å². The van der Waals surface area contributed by atoms with Crippen LogP contribution in [0.4, 0.5) is 4.39 Å². The minimum atomic E-state index is -0.435. The van der Waals surface area contributed by atoms with Gasteiger partial charge in [0.1, 0.15) is 5.82 Å². The highest BCUT2D eigenvalue weighted by Crippen LogP contribution is 2.50. The third kappa shape index (κ3) is 4.74. The van der Waals surface area contributed by atoms with E-state index in [2.05, 4.69) is 16.0 Å². The van der Waals surface area contributed by atoms with E-state index in [4.69, 9.17) is 10.5 Å². The molecule has 3 aromatic rings. The Morgan fingerprint density at radius 1 is 1.36 bits per heavy atom. The summed E-state index contributed by atoms with van der Waals surface area (Å²) < 4.78 is 21.9. The van der Waals surface area contributed by atoms with Gasteiger partial charge >= 0.3 is 0 Å². The fourth-order valence-electron chi connectivity index (χ4n) is 4.37. The van der Waals surface area contributed by atoms with E-state index < -0.39 is 5.91 Å². The number of carbonyl (C=O) groups is 2. The lowest BCUT2D eigenvalue weighted by atomic mass is 10.1. The number of thiazole rings is 1. The van der Waals surface area contributed by atoms with Crippen molar-refractivity contribution in [2.45, 2.75) is 29.8 Å². The molecule has 0 saturated carbocycles. The lowest BCUT2D eigenvalue weighted by Crippen LogP contribution is -2.46. The maximum atomic E-state index is 13.6. The van der Waals surface area contributed by atoms with Gasteiger partial charge in [0.2, 0.25) is 11.8 Å². The van der Waals surface area contributed by atoms with E-state index in [1.165, 1.54) is 47.4 Å². The van der Waals surface area contributed by atoms with Crippen molar-refractivity contribution in [3.63, 3.8) is 0 Å². The van der Waals surface area contributed by atoms with Crippen LogP contribution in [0.2, 0.25) is 0 Å².